The Morgan fingerprint density at radius 2 is 2.10 bits per heavy atom. The average molecular weight is 291 g/mol. The number of piperidine rings is 1. The SMILES string of the molecule is Cc1cc(CNC(=O)N2CCCC3(CCCCC3)C2)on1. The van der Waals surface area contributed by atoms with E-state index < -0.39 is 0 Å². The number of carbonyl (C=O) groups excluding carboxylic acids is 1. The van der Waals surface area contributed by atoms with Crippen LogP contribution in [0.3, 0.4) is 0 Å². The van der Waals surface area contributed by atoms with Crippen molar-refractivity contribution in [3.63, 3.8) is 0 Å². The lowest BCUT2D eigenvalue weighted by atomic mass is 9.69. The molecule has 1 aromatic heterocycles. The monoisotopic (exact) mass is 291 g/mol. The van der Waals surface area contributed by atoms with Gasteiger partial charge in [-0.25, -0.2) is 4.79 Å². The van der Waals surface area contributed by atoms with Crippen LogP contribution in [0.15, 0.2) is 10.6 Å². The van der Waals surface area contributed by atoms with Crippen molar-refractivity contribution in [3.8, 4) is 0 Å². The summed E-state index contributed by atoms with van der Waals surface area (Å²) in [5.41, 5.74) is 1.25. The summed E-state index contributed by atoms with van der Waals surface area (Å²) in [6.07, 6.45) is 9.02. The molecule has 2 heterocycles. The molecule has 1 saturated heterocycles. The van der Waals surface area contributed by atoms with E-state index in [-0.39, 0.29) is 6.03 Å². The third-order valence-electron chi connectivity index (χ3n) is 4.95. The normalized spacial score (nSPS) is 21.5. The largest absolute Gasteiger partial charge is 0.359 e. The van der Waals surface area contributed by atoms with E-state index in [1.807, 2.05) is 17.9 Å². The summed E-state index contributed by atoms with van der Waals surface area (Å²) in [4.78, 5) is 14.4. The Morgan fingerprint density at radius 3 is 2.81 bits per heavy atom. The molecule has 0 bridgehead atoms. The van der Waals surface area contributed by atoms with Gasteiger partial charge in [-0.05, 0) is 38.0 Å². The van der Waals surface area contributed by atoms with Gasteiger partial charge in [-0.2, -0.15) is 0 Å². The van der Waals surface area contributed by atoms with Crippen molar-refractivity contribution in [1.82, 2.24) is 15.4 Å². The van der Waals surface area contributed by atoms with Gasteiger partial charge in [-0.15, -0.1) is 0 Å². The van der Waals surface area contributed by atoms with Crippen LogP contribution in [-0.4, -0.2) is 29.2 Å². The molecule has 5 heteroatoms. The number of nitrogens with zero attached hydrogens (tertiary/aromatic N) is 2. The highest BCUT2D eigenvalue weighted by molar-refractivity contribution is 5.74. The van der Waals surface area contributed by atoms with Crippen LogP contribution in [-0.2, 0) is 6.54 Å². The van der Waals surface area contributed by atoms with Crippen molar-refractivity contribution >= 4 is 6.03 Å². The van der Waals surface area contributed by atoms with Crippen molar-refractivity contribution in [2.75, 3.05) is 13.1 Å². The van der Waals surface area contributed by atoms with Gasteiger partial charge >= 0.3 is 6.03 Å². The Balaban J connectivity index is 1.54. The first-order chi connectivity index (χ1) is 10.2. The van der Waals surface area contributed by atoms with Crippen molar-refractivity contribution in [1.29, 1.82) is 0 Å². The summed E-state index contributed by atoms with van der Waals surface area (Å²) in [5, 5.41) is 6.79. The number of hydrogen-bond acceptors (Lipinski definition) is 3. The molecule has 0 aromatic carbocycles. The quantitative estimate of drug-likeness (QED) is 0.910. The first-order valence-electron chi connectivity index (χ1n) is 8.12. The topological polar surface area (TPSA) is 58.4 Å². The zero-order valence-electron chi connectivity index (χ0n) is 12.9. The van der Waals surface area contributed by atoms with Crippen LogP contribution in [0.1, 0.15) is 56.4 Å². The van der Waals surface area contributed by atoms with Crippen LogP contribution in [0.2, 0.25) is 0 Å². The first-order valence-corrected chi connectivity index (χ1v) is 8.12. The smallest absolute Gasteiger partial charge is 0.317 e. The summed E-state index contributed by atoms with van der Waals surface area (Å²) >= 11 is 0. The zero-order valence-corrected chi connectivity index (χ0v) is 12.9. The van der Waals surface area contributed by atoms with Crippen LogP contribution in [0.5, 0.6) is 0 Å². The molecule has 1 aliphatic carbocycles. The van der Waals surface area contributed by atoms with Crippen molar-refractivity contribution < 1.29 is 9.32 Å². The Labute approximate surface area is 126 Å². The van der Waals surface area contributed by atoms with Crippen LogP contribution in [0, 0.1) is 12.3 Å². The Kier molecular flexibility index (Phi) is 4.17. The Morgan fingerprint density at radius 1 is 1.33 bits per heavy atom. The standard InChI is InChI=1S/C16H25N3O2/c1-13-10-14(21-18-13)11-17-15(20)19-9-5-8-16(12-19)6-3-2-4-7-16/h10H,2-9,11-12H2,1H3,(H,17,20). The molecule has 2 amide bonds. The second-order valence-electron chi connectivity index (χ2n) is 6.68. The van der Waals surface area contributed by atoms with E-state index in [0.717, 1.165) is 25.2 Å². The highest BCUT2D eigenvalue weighted by Gasteiger charge is 2.37. The fraction of sp³-hybridized carbons (Fsp3) is 0.750. The molecule has 1 spiro atoms. The van der Waals surface area contributed by atoms with E-state index in [4.69, 9.17) is 4.52 Å². The van der Waals surface area contributed by atoms with Crippen LogP contribution < -0.4 is 5.32 Å². The van der Waals surface area contributed by atoms with E-state index in [2.05, 4.69) is 10.5 Å². The van der Waals surface area contributed by atoms with Gasteiger partial charge in [0.2, 0.25) is 0 Å². The molecule has 21 heavy (non-hydrogen) atoms. The molecular formula is C16H25N3O2. The molecule has 1 N–H and O–H groups in total. The van der Waals surface area contributed by atoms with E-state index in [1.165, 1.54) is 38.5 Å². The van der Waals surface area contributed by atoms with Gasteiger partial charge in [-0.1, -0.05) is 24.4 Å². The summed E-state index contributed by atoms with van der Waals surface area (Å²) in [5.74, 6) is 0.713. The number of aromatic nitrogens is 1. The third kappa shape index (κ3) is 3.39. The van der Waals surface area contributed by atoms with Gasteiger partial charge < -0.3 is 14.7 Å². The lowest BCUT2D eigenvalue weighted by molar-refractivity contribution is 0.0703. The second kappa shape index (κ2) is 6.08. The molecule has 1 aliphatic heterocycles. The number of urea groups is 1. The first kappa shape index (κ1) is 14.4. The Bertz CT molecular complexity index is 486. The molecule has 3 rings (SSSR count). The summed E-state index contributed by atoms with van der Waals surface area (Å²) < 4.78 is 5.13. The minimum absolute atomic E-state index is 0.0358. The number of aryl methyl sites for hydroxylation is 1. The fourth-order valence-electron chi connectivity index (χ4n) is 3.87. The molecule has 2 fully saturated rings. The number of rotatable bonds is 2. The van der Waals surface area contributed by atoms with Crippen molar-refractivity contribution in [3.05, 3.63) is 17.5 Å². The molecule has 0 atom stereocenters. The van der Waals surface area contributed by atoms with Gasteiger partial charge in [0.15, 0.2) is 5.76 Å². The molecular weight excluding hydrogens is 266 g/mol. The molecule has 0 unspecified atom stereocenters. The Hall–Kier alpha value is -1.52. The van der Waals surface area contributed by atoms with Gasteiger partial charge in [0.1, 0.15) is 0 Å². The highest BCUT2D eigenvalue weighted by Crippen LogP contribution is 2.43. The maximum Gasteiger partial charge on any atom is 0.317 e. The van der Waals surface area contributed by atoms with Gasteiger partial charge in [0, 0.05) is 19.2 Å². The van der Waals surface area contributed by atoms with E-state index in [9.17, 15) is 4.79 Å². The summed E-state index contributed by atoms with van der Waals surface area (Å²) in [6.45, 7) is 4.10. The second-order valence-corrected chi connectivity index (χ2v) is 6.68. The predicted molar refractivity (Wildman–Crippen MR) is 79.8 cm³/mol. The van der Waals surface area contributed by atoms with Crippen molar-refractivity contribution in [2.24, 2.45) is 5.41 Å². The molecule has 1 aromatic rings. The predicted octanol–water partition coefficient (Wildman–Crippen LogP) is 3.24. The van der Waals surface area contributed by atoms with Gasteiger partial charge in [0.05, 0.1) is 12.2 Å². The molecule has 116 valence electrons. The molecule has 2 aliphatic rings. The lowest BCUT2D eigenvalue weighted by Crippen LogP contribution is -2.50. The van der Waals surface area contributed by atoms with Gasteiger partial charge in [-0.3, -0.25) is 0 Å². The van der Waals surface area contributed by atoms with E-state index in [0.29, 0.717) is 17.7 Å². The van der Waals surface area contributed by atoms with E-state index in [1.54, 1.807) is 0 Å². The molecule has 1 saturated carbocycles. The van der Waals surface area contributed by atoms with Crippen molar-refractivity contribution in [2.45, 2.75) is 58.4 Å². The lowest BCUT2D eigenvalue weighted by Gasteiger charge is -2.45. The number of nitrogens with one attached hydrogen (secondary N) is 1. The number of likely N-dealkylation sites (tertiary alicyclic amines) is 1. The third-order valence-corrected chi connectivity index (χ3v) is 4.95. The highest BCUT2D eigenvalue weighted by atomic mass is 16.5. The number of amides is 2. The minimum atomic E-state index is 0.0358. The summed E-state index contributed by atoms with van der Waals surface area (Å²) in [6, 6.07) is 1.90. The zero-order chi connectivity index (χ0) is 14.7. The summed E-state index contributed by atoms with van der Waals surface area (Å²) in [7, 11) is 0. The maximum absolute atomic E-state index is 12.4. The molecule has 5 nitrogen and oxygen atoms in total. The molecule has 0 radical (unpaired) electrons. The van der Waals surface area contributed by atoms with Crippen LogP contribution in [0.25, 0.3) is 0 Å². The van der Waals surface area contributed by atoms with Gasteiger partial charge in [0.25, 0.3) is 0 Å². The minimum Gasteiger partial charge on any atom is -0.359 e. The fourth-order valence-corrected chi connectivity index (χ4v) is 3.87. The van der Waals surface area contributed by atoms with E-state index >= 15 is 0 Å². The van der Waals surface area contributed by atoms with Crippen LogP contribution in [0.4, 0.5) is 4.79 Å². The number of hydrogen-bond donors (Lipinski definition) is 1. The average Bonchev–Trinajstić information content (AvgIpc) is 2.91. The maximum atomic E-state index is 12.4. The van der Waals surface area contributed by atoms with Crippen LogP contribution >= 0.6 is 0 Å². The number of carbonyl (C=O) groups is 1.